The number of ketones is 1. The average molecular weight is 464 g/mol. The van der Waals surface area contributed by atoms with Crippen LogP contribution in [0.5, 0.6) is 17.2 Å². The summed E-state index contributed by atoms with van der Waals surface area (Å²) in [6, 6.07) is 16.5. The summed E-state index contributed by atoms with van der Waals surface area (Å²) < 4.78 is 16.5. The minimum absolute atomic E-state index is 0.232. The van der Waals surface area contributed by atoms with Crippen LogP contribution >= 0.6 is 0 Å². The van der Waals surface area contributed by atoms with Crippen LogP contribution in [-0.4, -0.2) is 38.6 Å². The second-order valence-corrected chi connectivity index (χ2v) is 7.36. The maximum absolute atomic E-state index is 13.6. The molecule has 0 aliphatic carbocycles. The predicted octanol–water partition coefficient (Wildman–Crippen LogP) is 3.89. The SMILES string of the molecule is CCOc1ccc(C(=O)c2cccc(N)c2NC(=O)c2ccc(OC)cc2)c(OCCCN)c1. The highest BCUT2D eigenvalue weighted by Gasteiger charge is 2.22. The number of anilines is 2. The van der Waals surface area contributed by atoms with Crippen molar-refractivity contribution in [3.05, 3.63) is 77.4 Å². The van der Waals surface area contributed by atoms with Crippen LogP contribution in [0.15, 0.2) is 60.7 Å². The van der Waals surface area contributed by atoms with Crippen LogP contribution in [0, 0.1) is 0 Å². The number of nitrogen functional groups attached to an aromatic ring is 1. The van der Waals surface area contributed by atoms with Gasteiger partial charge in [-0.15, -0.1) is 0 Å². The zero-order valence-corrected chi connectivity index (χ0v) is 19.3. The fraction of sp³-hybridized carbons (Fsp3) is 0.231. The van der Waals surface area contributed by atoms with Gasteiger partial charge in [0.2, 0.25) is 0 Å². The second kappa shape index (κ2) is 11.7. The lowest BCUT2D eigenvalue weighted by molar-refractivity contribution is 0.102. The molecule has 1 amide bonds. The quantitative estimate of drug-likeness (QED) is 0.224. The Hall–Kier alpha value is -4.04. The van der Waals surface area contributed by atoms with E-state index >= 15 is 0 Å². The molecule has 34 heavy (non-hydrogen) atoms. The van der Waals surface area contributed by atoms with Gasteiger partial charge >= 0.3 is 0 Å². The summed E-state index contributed by atoms with van der Waals surface area (Å²) in [5.41, 5.74) is 13.2. The van der Waals surface area contributed by atoms with E-state index in [1.165, 1.54) is 0 Å². The molecule has 0 heterocycles. The maximum atomic E-state index is 13.6. The summed E-state index contributed by atoms with van der Waals surface area (Å²) in [4.78, 5) is 26.4. The van der Waals surface area contributed by atoms with Gasteiger partial charge in [-0.05, 0) is 68.4 Å². The van der Waals surface area contributed by atoms with Crippen molar-refractivity contribution < 1.29 is 23.8 Å². The number of hydrogen-bond donors (Lipinski definition) is 3. The molecule has 8 heteroatoms. The second-order valence-electron chi connectivity index (χ2n) is 7.36. The van der Waals surface area contributed by atoms with Gasteiger partial charge in [-0.2, -0.15) is 0 Å². The molecule has 0 aliphatic heterocycles. The molecule has 0 atom stereocenters. The zero-order valence-electron chi connectivity index (χ0n) is 19.3. The van der Waals surface area contributed by atoms with Crippen LogP contribution in [0.25, 0.3) is 0 Å². The lowest BCUT2D eigenvalue weighted by Gasteiger charge is -2.16. The van der Waals surface area contributed by atoms with Gasteiger partial charge in [0, 0.05) is 17.2 Å². The molecule has 8 nitrogen and oxygen atoms in total. The van der Waals surface area contributed by atoms with E-state index in [9.17, 15) is 9.59 Å². The molecule has 0 saturated heterocycles. The zero-order chi connectivity index (χ0) is 24.5. The number of carbonyl (C=O) groups excluding carboxylic acids is 2. The van der Waals surface area contributed by atoms with Crippen LogP contribution in [0.2, 0.25) is 0 Å². The van der Waals surface area contributed by atoms with Gasteiger partial charge in [0.25, 0.3) is 5.91 Å². The van der Waals surface area contributed by atoms with Crippen molar-refractivity contribution in [3.63, 3.8) is 0 Å². The molecule has 0 spiro atoms. The lowest BCUT2D eigenvalue weighted by Crippen LogP contribution is -2.17. The van der Waals surface area contributed by atoms with E-state index in [-0.39, 0.29) is 22.7 Å². The Balaban J connectivity index is 1.94. The average Bonchev–Trinajstić information content (AvgIpc) is 2.85. The van der Waals surface area contributed by atoms with E-state index in [4.69, 9.17) is 25.7 Å². The molecule has 0 bridgehead atoms. The summed E-state index contributed by atoms with van der Waals surface area (Å²) in [7, 11) is 1.55. The number of benzene rings is 3. The van der Waals surface area contributed by atoms with E-state index in [1.54, 1.807) is 67.8 Å². The highest BCUT2D eigenvalue weighted by Crippen LogP contribution is 2.32. The van der Waals surface area contributed by atoms with Crippen molar-refractivity contribution >= 4 is 23.1 Å². The lowest BCUT2D eigenvalue weighted by atomic mass is 9.99. The fourth-order valence-corrected chi connectivity index (χ4v) is 3.30. The van der Waals surface area contributed by atoms with E-state index in [2.05, 4.69) is 5.32 Å². The first kappa shape index (κ1) is 24.6. The fourth-order valence-electron chi connectivity index (χ4n) is 3.30. The Labute approximate surface area is 198 Å². The Bertz CT molecular complexity index is 1150. The largest absolute Gasteiger partial charge is 0.497 e. The summed E-state index contributed by atoms with van der Waals surface area (Å²) in [5, 5.41) is 2.78. The van der Waals surface area contributed by atoms with Gasteiger partial charge in [-0.1, -0.05) is 6.07 Å². The van der Waals surface area contributed by atoms with Crippen LogP contribution in [0.3, 0.4) is 0 Å². The molecule has 0 fully saturated rings. The number of amides is 1. The number of hydrogen-bond acceptors (Lipinski definition) is 7. The summed E-state index contributed by atoms with van der Waals surface area (Å²) in [6.07, 6.45) is 0.633. The predicted molar refractivity (Wildman–Crippen MR) is 132 cm³/mol. The standard InChI is InChI=1S/C26H29N3O5/c1-3-33-19-12-13-20(23(16-19)34-15-5-14-27)25(30)21-6-4-7-22(28)24(21)29-26(31)17-8-10-18(32-2)11-9-17/h4,6-13,16H,3,5,14-15,27-28H2,1-2H3,(H,29,31). The molecule has 0 aliphatic rings. The van der Waals surface area contributed by atoms with Crippen LogP contribution in [-0.2, 0) is 0 Å². The number of ether oxygens (including phenoxy) is 3. The normalized spacial score (nSPS) is 10.4. The number of nitrogens with two attached hydrogens (primary N) is 2. The van der Waals surface area contributed by atoms with Gasteiger partial charge in [0.15, 0.2) is 5.78 Å². The first-order valence-electron chi connectivity index (χ1n) is 11.0. The van der Waals surface area contributed by atoms with E-state index < -0.39 is 5.91 Å². The third-order valence-electron chi connectivity index (χ3n) is 5.05. The van der Waals surface area contributed by atoms with Crippen molar-refractivity contribution in [3.8, 4) is 17.2 Å². The smallest absolute Gasteiger partial charge is 0.255 e. The number of methoxy groups -OCH3 is 1. The van der Waals surface area contributed by atoms with Crippen molar-refractivity contribution in [2.75, 3.05) is 37.9 Å². The number of nitrogens with one attached hydrogen (secondary N) is 1. The molecule has 178 valence electrons. The molecule has 3 aromatic carbocycles. The minimum atomic E-state index is -0.402. The molecule has 0 aromatic heterocycles. The number of para-hydroxylation sites is 1. The molecule has 3 rings (SSSR count). The summed E-state index contributed by atoms with van der Waals surface area (Å²) in [5.74, 6) is 0.842. The monoisotopic (exact) mass is 463 g/mol. The van der Waals surface area contributed by atoms with Crippen LogP contribution < -0.4 is 31.0 Å². The van der Waals surface area contributed by atoms with Crippen molar-refractivity contribution in [2.24, 2.45) is 5.73 Å². The molecular formula is C26H29N3O5. The molecule has 0 saturated carbocycles. The third-order valence-corrected chi connectivity index (χ3v) is 5.05. The van der Waals surface area contributed by atoms with Gasteiger partial charge in [-0.3, -0.25) is 9.59 Å². The Morgan fingerprint density at radius 3 is 2.35 bits per heavy atom. The Kier molecular flexibility index (Phi) is 8.48. The van der Waals surface area contributed by atoms with Crippen molar-refractivity contribution in [1.29, 1.82) is 0 Å². The van der Waals surface area contributed by atoms with Gasteiger partial charge in [0.1, 0.15) is 17.2 Å². The van der Waals surface area contributed by atoms with Crippen molar-refractivity contribution in [2.45, 2.75) is 13.3 Å². The van der Waals surface area contributed by atoms with E-state index in [0.29, 0.717) is 54.6 Å². The van der Waals surface area contributed by atoms with Gasteiger partial charge in [0.05, 0.1) is 37.3 Å². The topological polar surface area (TPSA) is 126 Å². The third kappa shape index (κ3) is 5.85. The highest BCUT2D eigenvalue weighted by atomic mass is 16.5. The van der Waals surface area contributed by atoms with Crippen LogP contribution in [0.4, 0.5) is 11.4 Å². The molecule has 3 aromatic rings. The Morgan fingerprint density at radius 2 is 1.68 bits per heavy atom. The molecular weight excluding hydrogens is 434 g/mol. The van der Waals surface area contributed by atoms with E-state index in [1.807, 2.05) is 6.92 Å². The van der Waals surface area contributed by atoms with Gasteiger partial charge in [-0.25, -0.2) is 0 Å². The highest BCUT2D eigenvalue weighted by molar-refractivity contribution is 6.18. The maximum Gasteiger partial charge on any atom is 0.255 e. The molecule has 5 N–H and O–H groups in total. The van der Waals surface area contributed by atoms with Crippen molar-refractivity contribution in [1.82, 2.24) is 0 Å². The number of rotatable bonds is 11. The first-order chi connectivity index (χ1) is 16.5. The van der Waals surface area contributed by atoms with E-state index in [0.717, 1.165) is 0 Å². The summed E-state index contributed by atoms with van der Waals surface area (Å²) in [6.45, 7) is 3.17. The molecule has 0 unspecified atom stereocenters. The summed E-state index contributed by atoms with van der Waals surface area (Å²) >= 11 is 0. The first-order valence-corrected chi connectivity index (χ1v) is 11.0. The number of carbonyl (C=O) groups is 2. The van der Waals surface area contributed by atoms with Gasteiger partial charge < -0.3 is 31.0 Å². The van der Waals surface area contributed by atoms with Crippen LogP contribution in [0.1, 0.15) is 39.6 Å². The Morgan fingerprint density at radius 1 is 0.941 bits per heavy atom. The molecule has 0 radical (unpaired) electrons. The minimum Gasteiger partial charge on any atom is -0.497 e.